The molecule has 0 aliphatic heterocycles. The largest absolute Gasteiger partial charge is 0.347 e. The fourth-order valence-electron chi connectivity index (χ4n) is 2.76. The van der Waals surface area contributed by atoms with E-state index in [-0.39, 0.29) is 36.6 Å². The molecule has 1 aliphatic rings. The molecule has 6 heteroatoms. The van der Waals surface area contributed by atoms with Crippen molar-refractivity contribution < 1.29 is 18.4 Å². The standard InChI is InChI=1S/C20H20F2N2O2/c21-16-6-4-14(5-7-16)13-24(18-8-9-18)20(26)12-23-19(25)11-15-2-1-3-17(22)10-15/h1-7,10,18H,8-9,11-13H2,(H,23,25). The van der Waals surface area contributed by atoms with E-state index in [0.29, 0.717) is 12.1 Å². The van der Waals surface area contributed by atoms with Crippen molar-refractivity contribution in [2.45, 2.75) is 31.8 Å². The van der Waals surface area contributed by atoms with Crippen LogP contribution in [0.4, 0.5) is 8.78 Å². The third kappa shape index (κ3) is 5.12. The van der Waals surface area contributed by atoms with Crippen molar-refractivity contribution >= 4 is 11.8 Å². The summed E-state index contributed by atoms with van der Waals surface area (Å²) in [5, 5.41) is 2.60. The Morgan fingerprint density at radius 1 is 1.00 bits per heavy atom. The molecule has 0 atom stereocenters. The van der Waals surface area contributed by atoms with E-state index in [4.69, 9.17) is 0 Å². The average molecular weight is 358 g/mol. The molecule has 2 amide bonds. The number of nitrogens with one attached hydrogen (secondary N) is 1. The number of hydrogen-bond donors (Lipinski definition) is 1. The zero-order valence-corrected chi connectivity index (χ0v) is 14.3. The second-order valence-corrected chi connectivity index (χ2v) is 6.46. The van der Waals surface area contributed by atoms with Crippen molar-refractivity contribution in [2.75, 3.05) is 6.54 Å². The maximum Gasteiger partial charge on any atom is 0.242 e. The Morgan fingerprint density at radius 3 is 2.38 bits per heavy atom. The summed E-state index contributed by atoms with van der Waals surface area (Å²) in [4.78, 5) is 26.2. The van der Waals surface area contributed by atoms with E-state index in [0.717, 1.165) is 18.4 Å². The minimum atomic E-state index is -0.398. The third-order valence-corrected chi connectivity index (χ3v) is 4.26. The van der Waals surface area contributed by atoms with Gasteiger partial charge in [0.15, 0.2) is 0 Å². The molecule has 136 valence electrons. The van der Waals surface area contributed by atoms with Crippen LogP contribution in [0, 0.1) is 11.6 Å². The number of hydrogen-bond acceptors (Lipinski definition) is 2. The number of amides is 2. The molecule has 0 bridgehead atoms. The molecule has 0 aromatic heterocycles. The minimum absolute atomic E-state index is 0.0203. The molecular formula is C20H20F2N2O2. The summed E-state index contributed by atoms with van der Waals surface area (Å²) in [5.41, 5.74) is 1.40. The maximum atomic E-state index is 13.1. The summed E-state index contributed by atoms with van der Waals surface area (Å²) >= 11 is 0. The van der Waals surface area contributed by atoms with E-state index in [1.807, 2.05) is 0 Å². The molecular weight excluding hydrogens is 338 g/mol. The molecule has 26 heavy (non-hydrogen) atoms. The van der Waals surface area contributed by atoms with Crippen molar-refractivity contribution in [3.63, 3.8) is 0 Å². The number of nitrogens with zero attached hydrogens (tertiary/aromatic N) is 1. The summed E-state index contributed by atoms with van der Waals surface area (Å²) in [7, 11) is 0. The lowest BCUT2D eigenvalue weighted by Gasteiger charge is -2.23. The molecule has 1 saturated carbocycles. The van der Waals surface area contributed by atoms with Gasteiger partial charge in [-0.05, 0) is 48.2 Å². The second kappa shape index (κ2) is 8.08. The van der Waals surface area contributed by atoms with Crippen molar-refractivity contribution in [3.8, 4) is 0 Å². The summed E-state index contributed by atoms with van der Waals surface area (Å²) < 4.78 is 26.2. The van der Waals surface area contributed by atoms with Gasteiger partial charge in [0.1, 0.15) is 11.6 Å². The number of carbonyl (C=O) groups is 2. The topological polar surface area (TPSA) is 49.4 Å². The highest BCUT2D eigenvalue weighted by Crippen LogP contribution is 2.28. The first-order chi connectivity index (χ1) is 12.5. The fourth-order valence-corrected chi connectivity index (χ4v) is 2.76. The number of carbonyl (C=O) groups excluding carboxylic acids is 2. The Bertz CT molecular complexity index is 789. The molecule has 0 radical (unpaired) electrons. The smallest absolute Gasteiger partial charge is 0.242 e. The highest BCUT2D eigenvalue weighted by atomic mass is 19.1. The van der Waals surface area contributed by atoms with Gasteiger partial charge in [-0.15, -0.1) is 0 Å². The predicted octanol–water partition coefficient (Wildman–Crippen LogP) is 2.81. The van der Waals surface area contributed by atoms with Gasteiger partial charge in [0.2, 0.25) is 11.8 Å². The van der Waals surface area contributed by atoms with Gasteiger partial charge in [-0.1, -0.05) is 24.3 Å². The summed E-state index contributed by atoms with van der Waals surface area (Å²) in [6.07, 6.45) is 1.89. The van der Waals surface area contributed by atoms with Crippen LogP contribution in [0.5, 0.6) is 0 Å². The molecule has 0 spiro atoms. The maximum absolute atomic E-state index is 13.1. The van der Waals surface area contributed by atoms with Crippen LogP contribution in [0.15, 0.2) is 48.5 Å². The van der Waals surface area contributed by atoms with Crippen LogP contribution in [-0.2, 0) is 22.6 Å². The monoisotopic (exact) mass is 358 g/mol. The summed E-state index contributed by atoms with van der Waals surface area (Å²) in [6.45, 7) is 0.287. The van der Waals surface area contributed by atoms with E-state index in [1.54, 1.807) is 29.2 Å². The summed E-state index contributed by atoms with van der Waals surface area (Å²) in [6, 6.07) is 12.0. The first-order valence-corrected chi connectivity index (χ1v) is 8.56. The molecule has 2 aromatic carbocycles. The molecule has 0 saturated heterocycles. The molecule has 0 heterocycles. The van der Waals surface area contributed by atoms with Crippen LogP contribution in [0.2, 0.25) is 0 Å². The van der Waals surface area contributed by atoms with Crippen molar-refractivity contribution in [1.82, 2.24) is 10.2 Å². The van der Waals surface area contributed by atoms with Crippen LogP contribution < -0.4 is 5.32 Å². The Hall–Kier alpha value is -2.76. The lowest BCUT2D eigenvalue weighted by Crippen LogP contribution is -2.41. The normalized spacial score (nSPS) is 13.3. The zero-order valence-electron chi connectivity index (χ0n) is 14.3. The Labute approximate surface area is 150 Å². The quantitative estimate of drug-likeness (QED) is 0.827. The number of rotatable bonds is 7. The fraction of sp³-hybridized carbons (Fsp3) is 0.300. The van der Waals surface area contributed by atoms with Crippen LogP contribution in [0.25, 0.3) is 0 Å². The van der Waals surface area contributed by atoms with Gasteiger partial charge in [-0.25, -0.2) is 8.78 Å². The van der Waals surface area contributed by atoms with E-state index in [9.17, 15) is 18.4 Å². The van der Waals surface area contributed by atoms with Crippen molar-refractivity contribution in [1.29, 1.82) is 0 Å². The Kier molecular flexibility index (Phi) is 5.61. The SMILES string of the molecule is O=C(Cc1cccc(F)c1)NCC(=O)N(Cc1ccc(F)cc1)C1CC1. The number of halogens is 2. The van der Waals surface area contributed by atoms with Crippen LogP contribution in [0.1, 0.15) is 24.0 Å². The molecule has 0 unspecified atom stereocenters. The van der Waals surface area contributed by atoms with Gasteiger partial charge in [0, 0.05) is 12.6 Å². The Morgan fingerprint density at radius 2 is 1.73 bits per heavy atom. The van der Waals surface area contributed by atoms with Crippen molar-refractivity contribution in [2.24, 2.45) is 0 Å². The summed E-state index contributed by atoms with van der Waals surface area (Å²) in [5.74, 6) is -1.22. The van der Waals surface area contributed by atoms with Gasteiger partial charge in [-0.3, -0.25) is 9.59 Å². The molecule has 1 aliphatic carbocycles. The minimum Gasteiger partial charge on any atom is -0.347 e. The van der Waals surface area contributed by atoms with Crippen LogP contribution in [-0.4, -0.2) is 29.3 Å². The van der Waals surface area contributed by atoms with E-state index < -0.39 is 5.82 Å². The third-order valence-electron chi connectivity index (χ3n) is 4.26. The Balaban J connectivity index is 1.53. The first kappa shape index (κ1) is 18.0. The zero-order chi connectivity index (χ0) is 18.5. The molecule has 3 rings (SSSR count). The van der Waals surface area contributed by atoms with E-state index in [1.165, 1.54) is 24.3 Å². The van der Waals surface area contributed by atoms with Gasteiger partial charge in [0.05, 0.1) is 13.0 Å². The number of benzene rings is 2. The van der Waals surface area contributed by atoms with Gasteiger partial charge in [0.25, 0.3) is 0 Å². The predicted molar refractivity (Wildman–Crippen MR) is 93.1 cm³/mol. The van der Waals surface area contributed by atoms with E-state index in [2.05, 4.69) is 5.32 Å². The van der Waals surface area contributed by atoms with Gasteiger partial charge < -0.3 is 10.2 Å². The highest BCUT2D eigenvalue weighted by molar-refractivity contribution is 5.86. The van der Waals surface area contributed by atoms with E-state index >= 15 is 0 Å². The first-order valence-electron chi connectivity index (χ1n) is 8.56. The molecule has 2 aromatic rings. The van der Waals surface area contributed by atoms with Gasteiger partial charge >= 0.3 is 0 Å². The van der Waals surface area contributed by atoms with Crippen LogP contribution >= 0.6 is 0 Å². The highest BCUT2D eigenvalue weighted by Gasteiger charge is 2.32. The molecule has 1 fully saturated rings. The second-order valence-electron chi connectivity index (χ2n) is 6.46. The average Bonchev–Trinajstić information content (AvgIpc) is 3.44. The lowest BCUT2D eigenvalue weighted by molar-refractivity contribution is -0.133. The van der Waals surface area contributed by atoms with Crippen molar-refractivity contribution in [3.05, 3.63) is 71.3 Å². The van der Waals surface area contributed by atoms with Crippen LogP contribution in [0.3, 0.4) is 0 Å². The molecule has 4 nitrogen and oxygen atoms in total. The lowest BCUT2D eigenvalue weighted by atomic mass is 10.1. The van der Waals surface area contributed by atoms with Gasteiger partial charge in [-0.2, -0.15) is 0 Å². The molecule has 1 N–H and O–H groups in total.